The highest BCUT2D eigenvalue weighted by Gasteiger charge is 2.44. The minimum atomic E-state index is 0.0665. The second kappa shape index (κ2) is 6.21. The summed E-state index contributed by atoms with van der Waals surface area (Å²) in [7, 11) is 0. The van der Waals surface area contributed by atoms with Gasteiger partial charge < -0.3 is 5.32 Å². The van der Waals surface area contributed by atoms with E-state index in [1.807, 2.05) is 55.5 Å². The standard InChI is InChI=1S/C20H18N2OS/c1-13-18(15-10-6-3-7-11-15)21-20(24-13)22-19(23)17-12-16(17)14-8-4-2-5-9-14/h2-11,16-17H,12H2,1H3,(H,21,22,23). The summed E-state index contributed by atoms with van der Waals surface area (Å²) in [6.45, 7) is 2.04. The maximum absolute atomic E-state index is 12.5. The molecule has 120 valence electrons. The van der Waals surface area contributed by atoms with E-state index >= 15 is 0 Å². The first-order valence-corrected chi connectivity index (χ1v) is 8.92. The first-order chi connectivity index (χ1) is 11.7. The topological polar surface area (TPSA) is 42.0 Å². The van der Waals surface area contributed by atoms with Gasteiger partial charge in [-0.25, -0.2) is 4.98 Å². The minimum absolute atomic E-state index is 0.0665. The lowest BCUT2D eigenvalue weighted by Crippen LogP contribution is -2.14. The number of aromatic nitrogens is 1. The van der Waals surface area contributed by atoms with Crippen LogP contribution in [-0.4, -0.2) is 10.9 Å². The Morgan fingerprint density at radius 1 is 1.08 bits per heavy atom. The molecule has 1 heterocycles. The van der Waals surface area contributed by atoms with Gasteiger partial charge in [0.1, 0.15) is 0 Å². The van der Waals surface area contributed by atoms with Gasteiger partial charge in [-0.2, -0.15) is 0 Å². The molecule has 3 nitrogen and oxygen atoms in total. The van der Waals surface area contributed by atoms with Crippen molar-refractivity contribution in [1.82, 2.24) is 4.98 Å². The number of carbonyl (C=O) groups is 1. The summed E-state index contributed by atoms with van der Waals surface area (Å²) in [6.07, 6.45) is 0.922. The van der Waals surface area contributed by atoms with Gasteiger partial charge >= 0.3 is 0 Å². The van der Waals surface area contributed by atoms with Crippen LogP contribution >= 0.6 is 11.3 Å². The van der Waals surface area contributed by atoms with Gasteiger partial charge in [0.25, 0.3) is 0 Å². The Labute approximate surface area is 145 Å². The monoisotopic (exact) mass is 334 g/mol. The molecule has 1 fully saturated rings. The van der Waals surface area contributed by atoms with E-state index in [0.717, 1.165) is 22.6 Å². The summed E-state index contributed by atoms with van der Waals surface area (Å²) in [6, 6.07) is 20.3. The first-order valence-electron chi connectivity index (χ1n) is 8.11. The Kier molecular flexibility index (Phi) is 3.90. The number of nitrogens with zero attached hydrogens (tertiary/aromatic N) is 1. The number of amides is 1. The second-order valence-corrected chi connectivity index (χ2v) is 7.34. The smallest absolute Gasteiger partial charge is 0.229 e. The molecule has 0 spiro atoms. The number of carbonyl (C=O) groups excluding carboxylic acids is 1. The van der Waals surface area contributed by atoms with Crippen molar-refractivity contribution in [1.29, 1.82) is 0 Å². The normalized spacial score (nSPS) is 19.0. The zero-order valence-electron chi connectivity index (χ0n) is 13.4. The molecule has 1 saturated carbocycles. The van der Waals surface area contributed by atoms with Gasteiger partial charge in [-0.15, -0.1) is 11.3 Å². The van der Waals surface area contributed by atoms with Crippen LogP contribution in [0.4, 0.5) is 5.13 Å². The van der Waals surface area contributed by atoms with Gasteiger partial charge in [-0.3, -0.25) is 4.79 Å². The number of nitrogens with one attached hydrogen (secondary N) is 1. The van der Waals surface area contributed by atoms with Crippen molar-refractivity contribution < 1.29 is 4.79 Å². The van der Waals surface area contributed by atoms with Crippen molar-refractivity contribution in [3.05, 3.63) is 71.1 Å². The molecule has 0 radical (unpaired) electrons. The van der Waals surface area contributed by atoms with E-state index in [1.54, 1.807) is 0 Å². The predicted octanol–water partition coefficient (Wildman–Crippen LogP) is 4.86. The van der Waals surface area contributed by atoms with Gasteiger partial charge in [0.2, 0.25) is 5.91 Å². The molecular weight excluding hydrogens is 316 g/mol. The van der Waals surface area contributed by atoms with E-state index < -0.39 is 0 Å². The van der Waals surface area contributed by atoms with Crippen LogP contribution in [0.1, 0.15) is 22.8 Å². The van der Waals surface area contributed by atoms with E-state index in [9.17, 15) is 4.79 Å². The molecule has 1 N–H and O–H groups in total. The fraction of sp³-hybridized carbons (Fsp3) is 0.200. The van der Waals surface area contributed by atoms with E-state index in [2.05, 4.69) is 22.4 Å². The van der Waals surface area contributed by atoms with Gasteiger partial charge in [-0.05, 0) is 24.8 Å². The molecule has 2 unspecified atom stereocenters. The lowest BCUT2D eigenvalue weighted by molar-refractivity contribution is -0.117. The zero-order chi connectivity index (χ0) is 16.5. The summed E-state index contributed by atoms with van der Waals surface area (Å²) in [5, 5.41) is 3.69. The largest absolute Gasteiger partial charge is 0.302 e. The number of rotatable bonds is 4. The highest BCUT2D eigenvalue weighted by molar-refractivity contribution is 7.16. The van der Waals surface area contributed by atoms with Crippen molar-refractivity contribution in [3.8, 4) is 11.3 Å². The molecule has 1 amide bonds. The SMILES string of the molecule is Cc1sc(NC(=O)C2CC2c2ccccc2)nc1-c1ccccc1. The third-order valence-corrected chi connectivity index (χ3v) is 5.32. The molecular formula is C20H18N2OS. The molecule has 0 bridgehead atoms. The van der Waals surface area contributed by atoms with Gasteiger partial charge in [0, 0.05) is 16.4 Å². The minimum Gasteiger partial charge on any atom is -0.302 e. The third-order valence-electron chi connectivity index (χ3n) is 4.43. The van der Waals surface area contributed by atoms with Crippen LogP contribution in [0.15, 0.2) is 60.7 Å². The number of hydrogen-bond donors (Lipinski definition) is 1. The third kappa shape index (κ3) is 2.97. The molecule has 1 aliphatic carbocycles. The molecule has 0 aliphatic heterocycles. The van der Waals surface area contributed by atoms with Crippen LogP contribution in [0.5, 0.6) is 0 Å². The Morgan fingerprint density at radius 2 is 1.75 bits per heavy atom. The van der Waals surface area contributed by atoms with Gasteiger partial charge in [0.15, 0.2) is 5.13 Å². The zero-order valence-corrected chi connectivity index (χ0v) is 14.2. The number of benzene rings is 2. The van der Waals surface area contributed by atoms with E-state index in [1.165, 1.54) is 16.9 Å². The maximum atomic E-state index is 12.5. The lowest BCUT2D eigenvalue weighted by Gasteiger charge is -2.01. The van der Waals surface area contributed by atoms with Crippen LogP contribution in [0.25, 0.3) is 11.3 Å². The Hall–Kier alpha value is -2.46. The first kappa shape index (κ1) is 15.1. The van der Waals surface area contributed by atoms with Crippen molar-refractivity contribution in [2.24, 2.45) is 5.92 Å². The number of aryl methyl sites for hydroxylation is 1. The Balaban J connectivity index is 1.46. The molecule has 24 heavy (non-hydrogen) atoms. The fourth-order valence-electron chi connectivity index (χ4n) is 3.07. The molecule has 3 aromatic rings. The summed E-state index contributed by atoms with van der Waals surface area (Å²) in [5.41, 5.74) is 3.28. The van der Waals surface area contributed by atoms with Crippen LogP contribution < -0.4 is 5.32 Å². The summed E-state index contributed by atoms with van der Waals surface area (Å²) in [4.78, 5) is 18.2. The summed E-state index contributed by atoms with van der Waals surface area (Å²) < 4.78 is 0. The number of thiazole rings is 1. The van der Waals surface area contributed by atoms with Crippen molar-refractivity contribution in [2.45, 2.75) is 19.3 Å². The van der Waals surface area contributed by atoms with Crippen LogP contribution in [-0.2, 0) is 4.79 Å². The van der Waals surface area contributed by atoms with E-state index in [4.69, 9.17) is 0 Å². The number of hydrogen-bond acceptors (Lipinski definition) is 3. The highest BCUT2D eigenvalue weighted by atomic mass is 32.1. The molecule has 4 heteroatoms. The molecule has 0 saturated heterocycles. The van der Waals surface area contributed by atoms with Crippen LogP contribution in [0, 0.1) is 12.8 Å². The average Bonchev–Trinajstić information content (AvgIpc) is 3.34. The molecule has 1 aliphatic rings. The number of anilines is 1. The Morgan fingerprint density at radius 3 is 2.46 bits per heavy atom. The summed E-state index contributed by atoms with van der Waals surface area (Å²) >= 11 is 1.54. The molecule has 2 atom stereocenters. The average molecular weight is 334 g/mol. The van der Waals surface area contributed by atoms with Crippen LogP contribution in [0.2, 0.25) is 0 Å². The fourth-order valence-corrected chi connectivity index (χ4v) is 3.90. The second-order valence-electron chi connectivity index (χ2n) is 6.14. The Bertz CT molecular complexity index is 858. The quantitative estimate of drug-likeness (QED) is 0.740. The van der Waals surface area contributed by atoms with Crippen molar-refractivity contribution in [3.63, 3.8) is 0 Å². The maximum Gasteiger partial charge on any atom is 0.229 e. The lowest BCUT2D eigenvalue weighted by atomic mass is 10.1. The van der Waals surface area contributed by atoms with Gasteiger partial charge in [0.05, 0.1) is 5.69 Å². The van der Waals surface area contributed by atoms with Crippen molar-refractivity contribution >= 4 is 22.4 Å². The van der Waals surface area contributed by atoms with Gasteiger partial charge in [-0.1, -0.05) is 60.7 Å². The molecule has 1 aromatic heterocycles. The highest BCUT2D eigenvalue weighted by Crippen LogP contribution is 2.48. The van der Waals surface area contributed by atoms with E-state index in [-0.39, 0.29) is 11.8 Å². The van der Waals surface area contributed by atoms with E-state index in [0.29, 0.717) is 11.0 Å². The van der Waals surface area contributed by atoms with Crippen LogP contribution in [0.3, 0.4) is 0 Å². The predicted molar refractivity (Wildman–Crippen MR) is 98.2 cm³/mol. The molecule has 4 rings (SSSR count). The molecule has 2 aromatic carbocycles. The summed E-state index contributed by atoms with van der Waals surface area (Å²) in [5.74, 6) is 0.495. The van der Waals surface area contributed by atoms with Crippen molar-refractivity contribution in [2.75, 3.05) is 5.32 Å².